The van der Waals surface area contributed by atoms with Crippen molar-refractivity contribution >= 4 is 42.9 Å². The van der Waals surface area contributed by atoms with Gasteiger partial charge in [-0.25, -0.2) is 8.42 Å². The summed E-state index contributed by atoms with van der Waals surface area (Å²) in [6.45, 7) is 2.99. The smallest absolute Gasteiger partial charge is 0.262 e. The lowest BCUT2D eigenvalue weighted by Crippen LogP contribution is -2.07. The molecule has 7 heteroatoms. The maximum atomic E-state index is 11.1. The molecule has 1 aromatic rings. The highest BCUT2D eigenvalue weighted by atomic mass is 35.7. The fourth-order valence-electron chi connectivity index (χ4n) is 1.17. The number of nitrogens with one attached hydrogen (secondary N) is 1. The number of halogens is 2. The van der Waals surface area contributed by atoms with E-state index in [0.717, 1.165) is 0 Å². The van der Waals surface area contributed by atoms with Gasteiger partial charge in [0.25, 0.3) is 9.05 Å². The average molecular weight is 282 g/mol. The van der Waals surface area contributed by atoms with E-state index in [-0.39, 0.29) is 15.8 Å². The largest absolute Gasteiger partial charge is 0.326 e. The summed E-state index contributed by atoms with van der Waals surface area (Å²) in [7, 11) is 1.32. The number of rotatable bonds is 2. The van der Waals surface area contributed by atoms with E-state index in [1.54, 1.807) is 6.92 Å². The molecule has 1 aromatic carbocycles. The van der Waals surface area contributed by atoms with Crippen LogP contribution in [-0.4, -0.2) is 14.3 Å². The van der Waals surface area contributed by atoms with Crippen molar-refractivity contribution in [3.63, 3.8) is 0 Å². The Bertz CT molecular complexity index is 540. The maximum absolute atomic E-state index is 11.1. The summed E-state index contributed by atoms with van der Waals surface area (Å²) in [5, 5.41) is 2.51. The number of hydrogen-bond donors (Lipinski definition) is 1. The van der Waals surface area contributed by atoms with Crippen LogP contribution in [0.1, 0.15) is 12.5 Å². The van der Waals surface area contributed by atoms with Crippen molar-refractivity contribution in [2.45, 2.75) is 18.7 Å². The minimum Gasteiger partial charge on any atom is -0.326 e. The summed E-state index contributed by atoms with van der Waals surface area (Å²) in [5.41, 5.74) is 1.03. The van der Waals surface area contributed by atoms with Crippen LogP contribution >= 0.6 is 22.3 Å². The number of anilines is 1. The molecule has 0 atom stereocenters. The van der Waals surface area contributed by atoms with Gasteiger partial charge in [0.15, 0.2) is 0 Å². The highest BCUT2D eigenvalue weighted by Gasteiger charge is 2.17. The molecular formula is C9H9Cl2NO3S. The molecule has 0 radical (unpaired) electrons. The van der Waals surface area contributed by atoms with E-state index < -0.39 is 9.05 Å². The Morgan fingerprint density at radius 2 is 1.94 bits per heavy atom. The summed E-state index contributed by atoms with van der Waals surface area (Å²) in [5.74, 6) is -0.263. The van der Waals surface area contributed by atoms with Gasteiger partial charge >= 0.3 is 0 Å². The van der Waals surface area contributed by atoms with Crippen LogP contribution < -0.4 is 5.32 Å². The Balaban J connectivity index is 3.33. The number of carbonyl (C=O) groups excluding carboxylic acids is 1. The highest BCUT2D eigenvalue weighted by Crippen LogP contribution is 2.30. The second-order valence-corrected chi connectivity index (χ2v) is 6.16. The molecule has 0 saturated heterocycles. The van der Waals surface area contributed by atoms with Crippen LogP contribution in [0, 0.1) is 6.92 Å². The Morgan fingerprint density at radius 1 is 1.38 bits per heavy atom. The normalized spacial score (nSPS) is 11.2. The van der Waals surface area contributed by atoms with Gasteiger partial charge in [-0.3, -0.25) is 4.79 Å². The maximum Gasteiger partial charge on any atom is 0.262 e. The van der Waals surface area contributed by atoms with Gasteiger partial charge in [-0.05, 0) is 24.6 Å². The molecule has 16 heavy (non-hydrogen) atoms. The predicted molar refractivity (Wildman–Crippen MR) is 63.5 cm³/mol. The second-order valence-electron chi connectivity index (χ2n) is 3.22. The summed E-state index contributed by atoms with van der Waals surface area (Å²) in [6, 6.07) is 2.67. The molecule has 0 aromatic heterocycles. The van der Waals surface area contributed by atoms with Crippen LogP contribution in [0.25, 0.3) is 0 Å². The first-order chi connectivity index (χ1) is 7.21. The number of carbonyl (C=O) groups is 1. The first kappa shape index (κ1) is 13.3. The third kappa shape index (κ3) is 3.10. The van der Waals surface area contributed by atoms with Gasteiger partial charge in [0.05, 0.1) is 5.02 Å². The summed E-state index contributed by atoms with van der Waals surface area (Å²) in [4.78, 5) is 10.7. The third-order valence-electron chi connectivity index (χ3n) is 1.85. The van der Waals surface area contributed by atoms with Crippen molar-refractivity contribution < 1.29 is 13.2 Å². The standard InChI is InChI=1S/C9H9Cl2NO3S/c1-5-3-9(16(11,14)15)7(10)4-8(5)12-6(2)13/h3-4H,1-2H3,(H,12,13). The van der Waals surface area contributed by atoms with Crippen LogP contribution in [0.4, 0.5) is 5.69 Å². The summed E-state index contributed by atoms with van der Waals surface area (Å²) >= 11 is 5.75. The van der Waals surface area contributed by atoms with Crippen LogP contribution in [0.3, 0.4) is 0 Å². The zero-order valence-electron chi connectivity index (χ0n) is 8.54. The van der Waals surface area contributed by atoms with Crippen molar-refractivity contribution in [2.24, 2.45) is 0 Å². The Labute approximate surface area is 103 Å². The van der Waals surface area contributed by atoms with Crippen molar-refractivity contribution in [1.29, 1.82) is 0 Å². The van der Waals surface area contributed by atoms with E-state index in [9.17, 15) is 13.2 Å². The minimum absolute atomic E-state index is 0.0237. The van der Waals surface area contributed by atoms with Crippen LogP contribution in [-0.2, 0) is 13.8 Å². The molecule has 88 valence electrons. The van der Waals surface area contributed by atoms with Gasteiger partial charge in [0.2, 0.25) is 5.91 Å². The Hall–Kier alpha value is -0.780. The minimum atomic E-state index is -3.87. The fraction of sp³-hybridized carbons (Fsp3) is 0.222. The molecule has 1 rings (SSSR count). The van der Waals surface area contributed by atoms with Gasteiger partial charge in [-0.15, -0.1) is 0 Å². The van der Waals surface area contributed by atoms with E-state index in [4.69, 9.17) is 22.3 Å². The lowest BCUT2D eigenvalue weighted by atomic mass is 10.2. The highest BCUT2D eigenvalue weighted by molar-refractivity contribution is 8.13. The van der Waals surface area contributed by atoms with Gasteiger partial charge in [-0.1, -0.05) is 11.6 Å². The van der Waals surface area contributed by atoms with E-state index in [1.807, 2.05) is 0 Å². The molecule has 0 aliphatic rings. The zero-order valence-corrected chi connectivity index (χ0v) is 10.9. The summed E-state index contributed by atoms with van der Waals surface area (Å²) < 4.78 is 22.3. The molecule has 0 aliphatic heterocycles. The molecule has 0 saturated carbocycles. The number of aryl methyl sites for hydroxylation is 1. The SMILES string of the molecule is CC(=O)Nc1cc(Cl)c(S(=O)(=O)Cl)cc1C. The fourth-order valence-corrected chi connectivity index (χ4v) is 2.75. The van der Waals surface area contributed by atoms with E-state index >= 15 is 0 Å². The van der Waals surface area contributed by atoms with Gasteiger partial charge < -0.3 is 5.32 Å². The van der Waals surface area contributed by atoms with E-state index in [1.165, 1.54) is 19.1 Å². The van der Waals surface area contributed by atoms with Crippen molar-refractivity contribution in [3.05, 3.63) is 22.7 Å². The molecule has 0 unspecified atom stereocenters. The molecule has 0 aliphatic carbocycles. The van der Waals surface area contributed by atoms with E-state index in [2.05, 4.69) is 5.32 Å². The van der Waals surface area contributed by atoms with Crippen molar-refractivity contribution in [1.82, 2.24) is 0 Å². The predicted octanol–water partition coefficient (Wildman–Crippen LogP) is 2.53. The van der Waals surface area contributed by atoms with Gasteiger partial charge in [-0.2, -0.15) is 0 Å². The molecule has 0 spiro atoms. The summed E-state index contributed by atoms with van der Waals surface area (Å²) in [6.07, 6.45) is 0. The molecule has 0 heterocycles. The Kier molecular flexibility index (Phi) is 3.83. The van der Waals surface area contributed by atoms with Gasteiger partial charge in [0, 0.05) is 23.3 Å². The number of amides is 1. The molecule has 1 N–H and O–H groups in total. The molecular weight excluding hydrogens is 273 g/mol. The van der Waals surface area contributed by atoms with Crippen molar-refractivity contribution in [3.8, 4) is 0 Å². The Morgan fingerprint density at radius 3 is 2.38 bits per heavy atom. The molecule has 0 bridgehead atoms. The number of hydrogen-bond acceptors (Lipinski definition) is 3. The molecule has 0 fully saturated rings. The van der Waals surface area contributed by atoms with Crippen LogP contribution in [0.15, 0.2) is 17.0 Å². The molecule has 1 amide bonds. The first-order valence-corrected chi connectivity index (χ1v) is 6.93. The lowest BCUT2D eigenvalue weighted by Gasteiger charge is -2.09. The van der Waals surface area contributed by atoms with Crippen molar-refractivity contribution in [2.75, 3.05) is 5.32 Å². The van der Waals surface area contributed by atoms with Crippen LogP contribution in [0.2, 0.25) is 5.02 Å². The van der Waals surface area contributed by atoms with Gasteiger partial charge in [0.1, 0.15) is 4.90 Å². The quantitative estimate of drug-likeness (QED) is 0.848. The molecule has 4 nitrogen and oxygen atoms in total. The van der Waals surface area contributed by atoms with Crippen LogP contribution in [0.5, 0.6) is 0 Å². The lowest BCUT2D eigenvalue weighted by molar-refractivity contribution is -0.114. The monoisotopic (exact) mass is 281 g/mol. The number of benzene rings is 1. The second kappa shape index (κ2) is 4.61. The topological polar surface area (TPSA) is 63.2 Å². The zero-order chi connectivity index (χ0) is 12.5. The third-order valence-corrected chi connectivity index (χ3v) is 3.64. The van der Waals surface area contributed by atoms with E-state index in [0.29, 0.717) is 11.3 Å². The average Bonchev–Trinajstić information content (AvgIpc) is 2.07. The first-order valence-electron chi connectivity index (χ1n) is 4.24.